The molecule has 0 atom stereocenters. The summed E-state index contributed by atoms with van der Waals surface area (Å²) in [6.45, 7) is 4.05. The lowest BCUT2D eigenvalue weighted by atomic mass is 10.1. The van der Waals surface area contributed by atoms with E-state index < -0.39 is 5.91 Å². The average molecular weight is 400 g/mol. The number of aryl methyl sites for hydroxylation is 2. The van der Waals surface area contributed by atoms with Gasteiger partial charge in [0.2, 0.25) is 5.82 Å². The van der Waals surface area contributed by atoms with Crippen molar-refractivity contribution in [2.45, 2.75) is 20.3 Å². The highest BCUT2D eigenvalue weighted by Crippen LogP contribution is 2.23. The van der Waals surface area contributed by atoms with Crippen LogP contribution in [0.25, 0.3) is 17.1 Å². The largest absolute Gasteiger partial charge is 0.319 e. The van der Waals surface area contributed by atoms with Gasteiger partial charge in [-0.25, -0.2) is 14.1 Å². The first-order chi connectivity index (χ1) is 14.5. The van der Waals surface area contributed by atoms with Crippen LogP contribution in [0.15, 0.2) is 72.8 Å². The van der Waals surface area contributed by atoms with E-state index in [1.165, 1.54) is 17.7 Å². The van der Waals surface area contributed by atoms with Gasteiger partial charge >= 0.3 is 0 Å². The highest BCUT2D eigenvalue weighted by Gasteiger charge is 2.19. The standard InChI is InChI=1S/C24H21FN4O/c1-3-17-7-13-20(14-8-17)26-24(30)22-27-23(18-9-11-19(25)12-10-18)29(28-22)21-6-4-5-16(2)15-21/h4-15H,3H2,1-2H3,(H,26,30). The van der Waals surface area contributed by atoms with E-state index in [-0.39, 0.29) is 11.6 Å². The number of carbonyl (C=O) groups excluding carboxylic acids is 1. The first-order valence-corrected chi connectivity index (χ1v) is 9.74. The second kappa shape index (κ2) is 8.29. The summed E-state index contributed by atoms with van der Waals surface area (Å²) < 4.78 is 15.0. The number of nitrogens with zero attached hydrogens (tertiary/aromatic N) is 3. The number of hydrogen-bond donors (Lipinski definition) is 1. The van der Waals surface area contributed by atoms with Gasteiger partial charge in [0.1, 0.15) is 5.82 Å². The molecule has 5 nitrogen and oxygen atoms in total. The summed E-state index contributed by atoms with van der Waals surface area (Å²) in [6.07, 6.45) is 0.928. The first-order valence-electron chi connectivity index (χ1n) is 9.74. The van der Waals surface area contributed by atoms with E-state index in [2.05, 4.69) is 22.3 Å². The minimum absolute atomic E-state index is 0.0374. The summed E-state index contributed by atoms with van der Waals surface area (Å²) in [7, 11) is 0. The molecule has 0 aliphatic carbocycles. The zero-order valence-corrected chi connectivity index (χ0v) is 16.8. The lowest BCUT2D eigenvalue weighted by Gasteiger charge is -2.06. The molecule has 6 heteroatoms. The van der Waals surface area contributed by atoms with Gasteiger partial charge in [-0.3, -0.25) is 4.79 Å². The zero-order chi connectivity index (χ0) is 21.1. The van der Waals surface area contributed by atoms with Gasteiger partial charge in [0.15, 0.2) is 5.82 Å². The number of aromatic nitrogens is 3. The molecule has 0 spiro atoms. The minimum Gasteiger partial charge on any atom is -0.319 e. The van der Waals surface area contributed by atoms with Crippen molar-refractivity contribution in [1.29, 1.82) is 0 Å². The van der Waals surface area contributed by atoms with Crippen molar-refractivity contribution in [3.63, 3.8) is 0 Å². The van der Waals surface area contributed by atoms with Crippen LogP contribution >= 0.6 is 0 Å². The molecule has 0 unspecified atom stereocenters. The number of nitrogens with one attached hydrogen (secondary N) is 1. The van der Waals surface area contributed by atoms with E-state index in [1.807, 2.05) is 55.5 Å². The van der Waals surface area contributed by atoms with Crippen LogP contribution in [0.2, 0.25) is 0 Å². The topological polar surface area (TPSA) is 59.8 Å². The van der Waals surface area contributed by atoms with Crippen LogP contribution in [0, 0.1) is 12.7 Å². The molecule has 3 aromatic carbocycles. The fourth-order valence-corrected chi connectivity index (χ4v) is 3.14. The van der Waals surface area contributed by atoms with E-state index in [1.54, 1.807) is 16.8 Å². The van der Waals surface area contributed by atoms with Crippen LogP contribution in [0.3, 0.4) is 0 Å². The molecule has 0 aliphatic heterocycles. The molecule has 0 bridgehead atoms. The molecule has 1 heterocycles. The molecular weight excluding hydrogens is 379 g/mol. The maximum absolute atomic E-state index is 13.4. The lowest BCUT2D eigenvalue weighted by Crippen LogP contribution is -2.14. The molecular formula is C24H21FN4O. The van der Waals surface area contributed by atoms with Crippen molar-refractivity contribution >= 4 is 11.6 Å². The molecule has 4 aromatic rings. The highest BCUT2D eigenvalue weighted by molar-refractivity contribution is 6.01. The highest BCUT2D eigenvalue weighted by atomic mass is 19.1. The van der Waals surface area contributed by atoms with Crippen LogP contribution < -0.4 is 5.32 Å². The Labute approximate surface area is 174 Å². The minimum atomic E-state index is -0.408. The van der Waals surface area contributed by atoms with Crippen molar-refractivity contribution in [2.75, 3.05) is 5.32 Å². The molecule has 1 amide bonds. The monoisotopic (exact) mass is 400 g/mol. The Balaban J connectivity index is 1.72. The van der Waals surface area contributed by atoms with E-state index in [4.69, 9.17) is 0 Å². The summed E-state index contributed by atoms with van der Waals surface area (Å²) >= 11 is 0. The van der Waals surface area contributed by atoms with Crippen molar-refractivity contribution in [2.24, 2.45) is 0 Å². The molecule has 0 aliphatic rings. The second-order valence-corrected chi connectivity index (χ2v) is 7.02. The van der Waals surface area contributed by atoms with Gasteiger partial charge in [-0.05, 0) is 73.0 Å². The van der Waals surface area contributed by atoms with Gasteiger partial charge in [-0.15, -0.1) is 5.10 Å². The number of hydrogen-bond acceptors (Lipinski definition) is 3. The molecule has 150 valence electrons. The molecule has 0 fully saturated rings. The second-order valence-electron chi connectivity index (χ2n) is 7.02. The van der Waals surface area contributed by atoms with Crippen molar-refractivity contribution in [3.05, 3.63) is 95.6 Å². The van der Waals surface area contributed by atoms with Gasteiger partial charge in [-0.2, -0.15) is 0 Å². The molecule has 0 saturated carbocycles. The third-order valence-corrected chi connectivity index (χ3v) is 4.78. The van der Waals surface area contributed by atoms with Crippen LogP contribution in [0.5, 0.6) is 0 Å². The zero-order valence-electron chi connectivity index (χ0n) is 16.8. The number of amides is 1. The van der Waals surface area contributed by atoms with E-state index >= 15 is 0 Å². The van der Waals surface area contributed by atoms with Crippen molar-refractivity contribution < 1.29 is 9.18 Å². The summed E-state index contributed by atoms with van der Waals surface area (Å²) in [5.74, 6) is -0.245. The smallest absolute Gasteiger partial charge is 0.295 e. The Bertz CT molecular complexity index is 1180. The molecule has 0 radical (unpaired) electrons. The summed E-state index contributed by atoms with van der Waals surface area (Å²) in [5.41, 5.74) is 4.35. The average Bonchev–Trinajstić information content (AvgIpc) is 3.20. The predicted octanol–water partition coefficient (Wildman–Crippen LogP) is 5.20. The number of anilines is 1. The van der Waals surface area contributed by atoms with Crippen LogP contribution in [0.4, 0.5) is 10.1 Å². The summed E-state index contributed by atoms with van der Waals surface area (Å²) in [6, 6.07) is 21.3. The third-order valence-electron chi connectivity index (χ3n) is 4.78. The number of rotatable bonds is 5. The number of carbonyl (C=O) groups is 1. The molecule has 4 rings (SSSR count). The van der Waals surface area contributed by atoms with Gasteiger partial charge in [0, 0.05) is 11.3 Å². The number of benzene rings is 3. The first kappa shape index (κ1) is 19.5. The van der Waals surface area contributed by atoms with Crippen LogP contribution in [-0.4, -0.2) is 20.7 Å². The normalized spacial score (nSPS) is 10.8. The van der Waals surface area contributed by atoms with Crippen molar-refractivity contribution in [3.8, 4) is 17.1 Å². The lowest BCUT2D eigenvalue weighted by molar-refractivity contribution is 0.101. The maximum atomic E-state index is 13.4. The van der Waals surface area contributed by atoms with Crippen molar-refractivity contribution in [1.82, 2.24) is 14.8 Å². The quantitative estimate of drug-likeness (QED) is 0.501. The Morgan fingerprint density at radius 3 is 2.43 bits per heavy atom. The third kappa shape index (κ3) is 4.12. The summed E-state index contributed by atoms with van der Waals surface area (Å²) in [4.78, 5) is 17.3. The molecule has 30 heavy (non-hydrogen) atoms. The Morgan fingerprint density at radius 1 is 1.03 bits per heavy atom. The SMILES string of the molecule is CCc1ccc(NC(=O)c2nc(-c3ccc(F)cc3)n(-c3cccc(C)c3)n2)cc1. The fourth-order valence-electron chi connectivity index (χ4n) is 3.14. The maximum Gasteiger partial charge on any atom is 0.295 e. The van der Waals surface area contributed by atoms with E-state index in [0.29, 0.717) is 17.1 Å². The Kier molecular flexibility index (Phi) is 5.39. The van der Waals surface area contributed by atoms with E-state index in [9.17, 15) is 9.18 Å². The predicted molar refractivity (Wildman–Crippen MR) is 115 cm³/mol. The Morgan fingerprint density at radius 2 is 1.77 bits per heavy atom. The molecule has 1 aromatic heterocycles. The van der Waals surface area contributed by atoms with Gasteiger partial charge in [0.25, 0.3) is 5.91 Å². The van der Waals surface area contributed by atoms with Gasteiger partial charge < -0.3 is 5.32 Å². The van der Waals surface area contributed by atoms with Crippen LogP contribution in [-0.2, 0) is 6.42 Å². The molecule has 1 N–H and O–H groups in total. The van der Waals surface area contributed by atoms with Gasteiger partial charge in [0.05, 0.1) is 5.69 Å². The number of halogens is 1. The summed E-state index contributed by atoms with van der Waals surface area (Å²) in [5, 5.41) is 7.29. The van der Waals surface area contributed by atoms with E-state index in [0.717, 1.165) is 17.7 Å². The van der Waals surface area contributed by atoms with Crippen LogP contribution in [0.1, 0.15) is 28.7 Å². The fraction of sp³-hybridized carbons (Fsp3) is 0.125. The Hall–Kier alpha value is -3.80. The van der Waals surface area contributed by atoms with Gasteiger partial charge in [-0.1, -0.05) is 31.2 Å². The molecule has 0 saturated heterocycles.